The molecule has 1 aliphatic heterocycles. The molecule has 0 saturated carbocycles. The number of nitrogens with two attached hydrogens (primary N) is 1. The Hall–Kier alpha value is -1.81. The Kier molecular flexibility index (Phi) is 2.80. The van der Waals surface area contributed by atoms with E-state index >= 15 is 0 Å². The summed E-state index contributed by atoms with van der Waals surface area (Å²) in [5.74, 6) is 0.136. The summed E-state index contributed by atoms with van der Waals surface area (Å²) < 4.78 is 60.9. The lowest BCUT2D eigenvalue weighted by Crippen LogP contribution is -2.36. The Balaban J connectivity index is 2.08. The number of fused-ring (bicyclic) bond motifs is 1. The van der Waals surface area contributed by atoms with Crippen molar-refractivity contribution in [2.24, 2.45) is 0 Å². The highest BCUT2D eigenvalue weighted by atomic mass is 16.6. The van der Waals surface area contributed by atoms with Gasteiger partial charge in [0.1, 0.15) is 30.2 Å². The minimum atomic E-state index is -2.78. The number of anilines is 1. The molecule has 2 aromatic rings. The Morgan fingerprint density at radius 3 is 2.95 bits per heavy atom. The molecule has 0 aliphatic carbocycles. The SMILES string of the molecule is [2H]C([2H])([2H])O[C@@H]1[C@H](OC)[C@@H](C([2H])([2H])OC)O[C@H]1n1cnc2c(N)ncnc21. The van der Waals surface area contributed by atoms with E-state index in [1.165, 1.54) is 31.4 Å². The van der Waals surface area contributed by atoms with Crippen LogP contribution in [0.4, 0.5) is 5.82 Å². The molecule has 1 aliphatic rings. The molecule has 3 rings (SSSR count). The molecule has 0 amide bonds. The molecule has 0 radical (unpaired) electrons. The van der Waals surface area contributed by atoms with Gasteiger partial charge in [0.25, 0.3) is 0 Å². The van der Waals surface area contributed by atoms with Crippen LogP contribution in [0.5, 0.6) is 0 Å². The molecule has 1 fully saturated rings. The van der Waals surface area contributed by atoms with Crippen LogP contribution in [0.3, 0.4) is 0 Å². The first-order chi connectivity index (χ1) is 12.6. The normalized spacial score (nSPS) is 33.1. The highest BCUT2D eigenvalue weighted by molar-refractivity contribution is 5.81. The third kappa shape index (κ3) is 2.31. The zero-order valence-electron chi connectivity index (χ0n) is 17.0. The molecule has 4 atom stereocenters. The average molecular weight is 314 g/mol. The number of hydrogen-bond acceptors (Lipinski definition) is 8. The first kappa shape index (κ1) is 10.1. The van der Waals surface area contributed by atoms with Crippen molar-refractivity contribution < 1.29 is 25.8 Å². The molecular formula is C13H19N5O4. The van der Waals surface area contributed by atoms with E-state index in [9.17, 15) is 0 Å². The second kappa shape index (κ2) is 6.13. The number of nitrogen functional groups attached to an aromatic ring is 1. The van der Waals surface area contributed by atoms with Crippen molar-refractivity contribution in [1.29, 1.82) is 0 Å². The van der Waals surface area contributed by atoms with Gasteiger partial charge in [-0.3, -0.25) is 4.57 Å². The summed E-state index contributed by atoms with van der Waals surface area (Å²) in [5.41, 5.74) is 6.35. The third-order valence-corrected chi connectivity index (χ3v) is 3.49. The van der Waals surface area contributed by atoms with Crippen molar-refractivity contribution >= 4 is 17.0 Å². The van der Waals surface area contributed by atoms with Gasteiger partial charge in [-0.25, -0.2) is 15.0 Å². The van der Waals surface area contributed by atoms with Gasteiger partial charge in [0.15, 0.2) is 17.7 Å². The summed E-state index contributed by atoms with van der Waals surface area (Å²) in [4.78, 5) is 12.1. The van der Waals surface area contributed by atoms with E-state index in [2.05, 4.69) is 15.0 Å². The fourth-order valence-electron chi connectivity index (χ4n) is 2.51. The van der Waals surface area contributed by atoms with Crippen LogP contribution < -0.4 is 5.73 Å². The number of hydrogen-bond donors (Lipinski definition) is 1. The predicted molar refractivity (Wildman–Crippen MR) is 77.1 cm³/mol. The van der Waals surface area contributed by atoms with Crippen LogP contribution in [0, 0.1) is 0 Å². The fraction of sp³-hybridized carbons (Fsp3) is 0.615. The molecule has 9 heteroatoms. The zero-order valence-corrected chi connectivity index (χ0v) is 12.0. The lowest BCUT2D eigenvalue weighted by Gasteiger charge is -2.21. The van der Waals surface area contributed by atoms with Crippen molar-refractivity contribution in [1.82, 2.24) is 19.5 Å². The van der Waals surface area contributed by atoms with Gasteiger partial charge < -0.3 is 24.7 Å². The fourth-order valence-corrected chi connectivity index (χ4v) is 2.51. The lowest BCUT2D eigenvalue weighted by atomic mass is 10.1. The standard InChI is InChI=1S/C13H19N5O4/c1-19-4-7-9(20-2)10(21-3)13(22-7)18-6-17-8-11(14)15-5-16-12(8)18/h5-7,9-10,13H,4H2,1-3H3,(H2,14,15,16)/t7-,9-,10-,13-/m1/s1/i3D3,4D2. The Morgan fingerprint density at radius 2 is 2.23 bits per heavy atom. The molecule has 0 aromatic carbocycles. The highest BCUT2D eigenvalue weighted by Gasteiger charge is 2.46. The van der Waals surface area contributed by atoms with E-state index < -0.39 is 38.1 Å². The van der Waals surface area contributed by atoms with Crippen molar-refractivity contribution in [3.63, 3.8) is 0 Å². The molecule has 0 bridgehead atoms. The number of nitrogens with zero attached hydrogens (tertiary/aromatic N) is 4. The van der Waals surface area contributed by atoms with Crippen LogP contribution in [0.2, 0.25) is 0 Å². The smallest absolute Gasteiger partial charge is 0.167 e. The van der Waals surface area contributed by atoms with Crippen molar-refractivity contribution in [3.05, 3.63) is 12.7 Å². The van der Waals surface area contributed by atoms with Gasteiger partial charge in [-0.1, -0.05) is 0 Å². The topological polar surface area (TPSA) is 107 Å². The molecule has 1 saturated heterocycles. The van der Waals surface area contributed by atoms with Crippen LogP contribution in [0.1, 0.15) is 13.1 Å². The number of imidazole rings is 1. The van der Waals surface area contributed by atoms with E-state index in [1.807, 2.05) is 0 Å². The zero-order chi connectivity index (χ0) is 20.0. The molecule has 0 spiro atoms. The average Bonchev–Trinajstić information content (AvgIpc) is 3.15. The van der Waals surface area contributed by atoms with E-state index in [1.54, 1.807) is 0 Å². The van der Waals surface area contributed by atoms with E-state index in [0.29, 0.717) is 5.52 Å². The summed E-state index contributed by atoms with van der Waals surface area (Å²) in [6, 6.07) is 0. The monoisotopic (exact) mass is 314 g/mol. The highest BCUT2D eigenvalue weighted by Crippen LogP contribution is 2.35. The van der Waals surface area contributed by atoms with E-state index in [-0.39, 0.29) is 11.5 Å². The minimum Gasteiger partial charge on any atom is -0.382 e. The maximum absolute atomic E-state index is 8.01. The molecule has 9 nitrogen and oxygen atoms in total. The largest absolute Gasteiger partial charge is 0.382 e. The van der Waals surface area contributed by atoms with Crippen LogP contribution in [-0.4, -0.2) is 65.6 Å². The van der Waals surface area contributed by atoms with Crippen molar-refractivity contribution in [3.8, 4) is 0 Å². The Morgan fingerprint density at radius 1 is 1.36 bits per heavy atom. The number of methoxy groups -OCH3 is 3. The summed E-state index contributed by atoms with van der Waals surface area (Å²) >= 11 is 0. The van der Waals surface area contributed by atoms with Gasteiger partial charge in [-0.05, 0) is 0 Å². The van der Waals surface area contributed by atoms with Gasteiger partial charge in [-0.15, -0.1) is 0 Å². The summed E-state index contributed by atoms with van der Waals surface area (Å²) in [6.07, 6.45) is -2.10. The van der Waals surface area contributed by atoms with Gasteiger partial charge in [0, 0.05) is 21.3 Å². The maximum Gasteiger partial charge on any atom is 0.167 e. The minimum absolute atomic E-state index is 0.136. The summed E-state index contributed by atoms with van der Waals surface area (Å²) in [6.45, 7) is -2.27. The first-order valence-corrected chi connectivity index (χ1v) is 6.43. The van der Waals surface area contributed by atoms with Gasteiger partial charge in [-0.2, -0.15) is 0 Å². The van der Waals surface area contributed by atoms with Crippen LogP contribution in [-0.2, 0) is 18.9 Å². The van der Waals surface area contributed by atoms with Crippen LogP contribution >= 0.6 is 0 Å². The third-order valence-electron chi connectivity index (χ3n) is 3.49. The molecule has 3 heterocycles. The summed E-state index contributed by atoms with van der Waals surface area (Å²) in [5, 5.41) is 0. The summed E-state index contributed by atoms with van der Waals surface area (Å²) in [7, 11) is -0.303. The number of aromatic nitrogens is 4. The Bertz CT molecular complexity index is 816. The van der Waals surface area contributed by atoms with E-state index in [4.69, 9.17) is 31.5 Å². The Labute approximate surface area is 134 Å². The molecule has 2 N–H and O–H groups in total. The van der Waals surface area contributed by atoms with Crippen molar-refractivity contribution in [2.45, 2.75) is 24.5 Å². The molecular weight excluding hydrogens is 290 g/mol. The number of rotatable bonds is 5. The number of ether oxygens (including phenoxy) is 4. The second-order valence-electron chi connectivity index (χ2n) is 4.63. The van der Waals surface area contributed by atoms with Gasteiger partial charge >= 0.3 is 0 Å². The molecule has 2 aromatic heterocycles. The van der Waals surface area contributed by atoms with Crippen molar-refractivity contribution in [2.75, 3.05) is 33.6 Å². The van der Waals surface area contributed by atoms with Crippen LogP contribution in [0.15, 0.2) is 12.7 Å². The molecule has 0 unspecified atom stereocenters. The molecule has 22 heavy (non-hydrogen) atoms. The molecule has 120 valence electrons. The van der Waals surface area contributed by atoms with Gasteiger partial charge in [0.05, 0.1) is 19.7 Å². The van der Waals surface area contributed by atoms with E-state index in [0.717, 1.165) is 0 Å². The maximum atomic E-state index is 8.01. The lowest BCUT2D eigenvalue weighted by molar-refractivity contribution is -0.0636. The second-order valence-corrected chi connectivity index (χ2v) is 4.63. The predicted octanol–water partition coefficient (Wildman–Crippen LogP) is -0.0177. The quantitative estimate of drug-likeness (QED) is 0.821. The van der Waals surface area contributed by atoms with Crippen LogP contribution in [0.25, 0.3) is 11.2 Å². The first-order valence-electron chi connectivity index (χ1n) is 8.93. The van der Waals surface area contributed by atoms with Gasteiger partial charge in [0.2, 0.25) is 0 Å².